The number of hydrogen-bond donors (Lipinski definition) is 1. The fraction of sp³-hybridized carbons (Fsp3) is 0.444. The molecule has 9 nitrogen and oxygen atoms in total. The van der Waals surface area contributed by atoms with Crippen LogP contribution < -0.4 is 0 Å². The number of H-pyrrole nitrogens is 1. The Morgan fingerprint density at radius 1 is 1.15 bits per heavy atom. The molecule has 1 fully saturated rings. The summed E-state index contributed by atoms with van der Waals surface area (Å²) in [5, 5.41) is 4.11. The number of nitrogens with zero attached hydrogens (tertiary/aromatic N) is 6. The Labute approximate surface area is 156 Å². The van der Waals surface area contributed by atoms with Crippen molar-refractivity contribution in [3.8, 4) is 0 Å². The van der Waals surface area contributed by atoms with Crippen molar-refractivity contribution in [2.45, 2.75) is 13.2 Å². The van der Waals surface area contributed by atoms with Gasteiger partial charge in [0.2, 0.25) is 5.91 Å². The van der Waals surface area contributed by atoms with Crippen LogP contribution in [0.25, 0.3) is 11.0 Å². The van der Waals surface area contributed by atoms with Crippen molar-refractivity contribution < 1.29 is 9.53 Å². The highest BCUT2D eigenvalue weighted by atomic mass is 16.5. The highest BCUT2D eigenvalue weighted by molar-refractivity contribution is 5.77. The minimum Gasteiger partial charge on any atom is -0.364 e. The van der Waals surface area contributed by atoms with Crippen molar-refractivity contribution in [3.63, 3.8) is 0 Å². The molecule has 0 spiro atoms. The molecule has 27 heavy (non-hydrogen) atoms. The standard InChI is InChI=1S/C18H23N7O2/c26-18(12-27-11-17-21-15-3-1-2-4-16(15)22-17)24-8-5-23(6-9-24)7-10-25-14-19-13-20-25/h1-4,13-14H,5-12H2,(H,21,22). The van der Waals surface area contributed by atoms with Crippen LogP contribution in [0, 0.1) is 0 Å². The molecule has 0 radical (unpaired) electrons. The van der Waals surface area contributed by atoms with Crippen LogP contribution in [0.1, 0.15) is 5.82 Å². The van der Waals surface area contributed by atoms with Gasteiger partial charge in [-0.05, 0) is 12.1 Å². The average Bonchev–Trinajstić information content (AvgIpc) is 3.36. The predicted octanol–water partition coefficient (Wildman–Crippen LogP) is 0.515. The summed E-state index contributed by atoms with van der Waals surface area (Å²) in [6.45, 7) is 5.29. The second kappa shape index (κ2) is 8.28. The third-order valence-electron chi connectivity index (χ3n) is 4.74. The Bertz CT molecular complexity index is 836. The maximum atomic E-state index is 12.3. The first-order chi connectivity index (χ1) is 13.3. The molecular formula is C18H23N7O2. The van der Waals surface area contributed by atoms with Crippen LogP contribution in [-0.4, -0.2) is 79.8 Å². The van der Waals surface area contributed by atoms with Gasteiger partial charge in [0.1, 0.15) is 31.7 Å². The summed E-state index contributed by atoms with van der Waals surface area (Å²) in [6.07, 6.45) is 3.26. The Hall–Kier alpha value is -2.78. The van der Waals surface area contributed by atoms with E-state index in [-0.39, 0.29) is 12.5 Å². The van der Waals surface area contributed by atoms with Gasteiger partial charge in [-0.25, -0.2) is 9.97 Å². The highest BCUT2D eigenvalue weighted by Crippen LogP contribution is 2.11. The van der Waals surface area contributed by atoms with Crippen LogP contribution in [0.5, 0.6) is 0 Å². The zero-order valence-electron chi connectivity index (χ0n) is 15.1. The van der Waals surface area contributed by atoms with E-state index < -0.39 is 0 Å². The molecular weight excluding hydrogens is 346 g/mol. The topological polar surface area (TPSA) is 92.2 Å². The lowest BCUT2D eigenvalue weighted by Gasteiger charge is -2.34. The SMILES string of the molecule is O=C(COCc1nc2ccccc2[nH]1)N1CCN(CCn2cncn2)CC1. The second-order valence-corrected chi connectivity index (χ2v) is 6.57. The van der Waals surface area contributed by atoms with Crippen LogP contribution >= 0.6 is 0 Å². The number of aromatic amines is 1. The first kappa shape index (κ1) is 17.6. The Morgan fingerprint density at radius 3 is 2.78 bits per heavy atom. The number of carbonyl (C=O) groups excluding carboxylic acids is 1. The molecule has 0 atom stereocenters. The van der Waals surface area contributed by atoms with E-state index in [1.165, 1.54) is 0 Å². The second-order valence-electron chi connectivity index (χ2n) is 6.57. The van der Waals surface area contributed by atoms with Gasteiger partial charge < -0.3 is 14.6 Å². The zero-order chi connectivity index (χ0) is 18.5. The average molecular weight is 369 g/mol. The summed E-state index contributed by atoms with van der Waals surface area (Å²) in [7, 11) is 0. The van der Waals surface area contributed by atoms with Crippen LogP contribution in [0.2, 0.25) is 0 Å². The molecule has 0 bridgehead atoms. The van der Waals surface area contributed by atoms with Crippen LogP contribution in [0.4, 0.5) is 0 Å². The lowest BCUT2D eigenvalue weighted by molar-refractivity contribution is -0.138. The molecule has 1 aliphatic heterocycles. The van der Waals surface area contributed by atoms with Crippen molar-refractivity contribution in [2.24, 2.45) is 0 Å². The molecule has 1 N–H and O–H groups in total. The van der Waals surface area contributed by atoms with E-state index in [1.54, 1.807) is 12.7 Å². The van der Waals surface area contributed by atoms with E-state index in [9.17, 15) is 4.79 Å². The summed E-state index contributed by atoms with van der Waals surface area (Å²) >= 11 is 0. The Kier molecular flexibility index (Phi) is 5.40. The van der Waals surface area contributed by atoms with Crippen LogP contribution in [-0.2, 0) is 22.7 Å². The van der Waals surface area contributed by atoms with Crippen molar-refractivity contribution in [3.05, 3.63) is 42.7 Å². The van der Waals surface area contributed by atoms with Gasteiger partial charge in [0.05, 0.1) is 17.6 Å². The predicted molar refractivity (Wildman–Crippen MR) is 98.8 cm³/mol. The highest BCUT2D eigenvalue weighted by Gasteiger charge is 2.21. The molecule has 2 aromatic heterocycles. The number of hydrogen-bond acceptors (Lipinski definition) is 6. The van der Waals surface area contributed by atoms with Gasteiger partial charge in [-0.2, -0.15) is 5.10 Å². The maximum Gasteiger partial charge on any atom is 0.248 e. The number of para-hydroxylation sites is 2. The molecule has 3 heterocycles. The van der Waals surface area contributed by atoms with E-state index in [4.69, 9.17) is 4.74 Å². The van der Waals surface area contributed by atoms with Gasteiger partial charge in [-0.1, -0.05) is 12.1 Å². The van der Waals surface area contributed by atoms with Crippen molar-refractivity contribution in [1.29, 1.82) is 0 Å². The van der Waals surface area contributed by atoms with Crippen molar-refractivity contribution in [1.82, 2.24) is 34.5 Å². The quantitative estimate of drug-likeness (QED) is 0.653. The number of carbonyl (C=O) groups is 1. The number of amides is 1. The first-order valence-electron chi connectivity index (χ1n) is 9.12. The number of imidazole rings is 1. The van der Waals surface area contributed by atoms with E-state index >= 15 is 0 Å². The molecule has 1 aliphatic rings. The van der Waals surface area contributed by atoms with Crippen LogP contribution in [0.15, 0.2) is 36.9 Å². The van der Waals surface area contributed by atoms with Gasteiger partial charge >= 0.3 is 0 Å². The minimum atomic E-state index is 0.0297. The minimum absolute atomic E-state index is 0.0297. The number of aromatic nitrogens is 5. The molecule has 1 aromatic carbocycles. The lowest BCUT2D eigenvalue weighted by Crippen LogP contribution is -2.50. The van der Waals surface area contributed by atoms with E-state index in [0.717, 1.165) is 56.1 Å². The van der Waals surface area contributed by atoms with E-state index in [2.05, 4.69) is 25.0 Å². The number of fused-ring (bicyclic) bond motifs is 1. The molecule has 0 saturated carbocycles. The fourth-order valence-electron chi connectivity index (χ4n) is 3.21. The number of piperazine rings is 1. The van der Waals surface area contributed by atoms with Gasteiger partial charge in [0.25, 0.3) is 0 Å². The smallest absolute Gasteiger partial charge is 0.248 e. The fourth-order valence-corrected chi connectivity index (χ4v) is 3.21. The summed E-state index contributed by atoms with van der Waals surface area (Å²) in [5.41, 5.74) is 1.88. The van der Waals surface area contributed by atoms with Crippen molar-refractivity contribution in [2.75, 3.05) is 39.3 Å². The summed E-state index contributed by atoms with van der Waals surface area (Å²) in [5.74, 6) is 0.768. The molecule has 3 aromatic rings. The third-order valence-corrected chi connectivity index (χ3v) is 4.74. The van der Waals surface area contributed by atoms with Crippen LogP contribution in [0.3, 0.4) is 0 Å². The summed E-state index contributed by atoms with van der Waals surface area (Å²) in [6, 6.07) is 7.82. The number of nitrogens with one attached hydrogen (secondary N) is 1. The molecule has 4 rings (SSSR count). The van der Waals surface area contributed by atoms with Gasteiger partial charge in [-0.3, -0.25) is 14.4 Å². The molecule has 9 heteroatoms. The summed E-state index contributed by atoms with van der Waals surface area (Å²) in [4.78, 5) is 28.1. The molecule has 0 unspecified atom stereocenters. The number of rotatable bonds is 7. The first-order valence-corrected chi connectivity index (χ1v) is 9.12. The molecule has 1 amide bonds. The van der Waals surface area contributed by atoms with Crippen molar-refractivity contribution >= 4 is 16.9 Å². The van der Waals surface area contributed by atoms with Gasteiger partial charge in [0, 0.05) is 32.7 Å². The van der Waals surface area contributed by atoms with E-state index in [1.807, 2.05) is 33.8 Å². The number of benzene rings is 1. The van der Waals surface area contributed by atoms with Gasteiger partial charge in [-0.15, -0.1) is 0 Å². The Morgan fingerprint density at radius 2 is 2.00 bits per heavy atom. The van der Waals surface area contributed by atoms with E-state index in [0.29, 0.717) is 6.61 Å². The lowest BCUT2D eigenvalue weighted by atomic mass is 10.3. The largest absolute Gasteiger partial charge is 0.364 e. The monoisotopic (exact) mass is 369 g/mol. The molecule has 0 aliphatic carbocycles. The zero-order valence-corrected chi connectivity index (χ0v) is 15.1. The van der Waals surface area contributed by atoms with Gasteiger partial charge in [0.15, 0.2) is 0 Å². The Balaban J connectivity index is 1.17. The molecule has 1 saturated heterocycles. The number of ether oxygens (including phenoxy) is 1. The summed E-state index contributed by atoms with van der Waals surface area (Å²) < 4.78 is 7.39. The maximum absolute atomic E-state index is 12.3. The third kappa shape index (κ3) is 4.50. The molecule has 142 valence electrons. The normalized spacial score (nSPS) is 15.5.